The Bertz CT molecular complexity index is 695. The normalized spacial score (nSPS) is 17.9. The quantitative estimate of drug-likeness (QED) is 0.848. The van der Waals surface area contributed by atoms with Gasteiger partial charge in [0, 0.05) is 12.5 Å². The van der Waals surface area contributed by atoms with Crippen molar-refractivity contribution in [1.82, 2.24) is 10.6 Å². The van der Waals surface area contributed by atoms with Gasteiger partial charge >= 0.3 is 0 Å². The van der Waals surface area contributed by atoms with E-state index in [9.17, 15) is 9.18 Å². The summed E-state index contributed by atoms with van der Waals surface area (Å²) in [6, 6.07) is 13.7. The molecule has 1 aliphatic rings. The Morgan fingerprint density at radius 2 is 1.84 bits per heavy atom. The second kappa shape index (κ2) is 8.12. The average molecular weight is 342 g/mol. The predicted molar refractivity (Wildman–Crippen MR) is 95.0 cm³/mol. The van der Waals surface area contributed by atoms with Crippen molar-refractivity contribution in [2.24, 2.45) is 0 Å². The third kappa shape index (κ3) is 4.57. The summed E-state index contributed by atoms with van der Waals surface area (Å²) in [6.45, 7) is 0.970. The molecule has 0 radical (unpaired) electrons. The number of rotatable bonds is 6. The third-order valence-electron chi connectivity index (χ3n) is 4.55. The summed E-state index contributed by atoms with van der Waals surface area (Å²) >= 11 is 0. The molecule has 4 nitrogen and oxygen atoms in total. The Hall–Kier alpha value is -2.40. The van der Waals surface area contributed by atoms with E-state index in [0.717, 1.165) is 36.3 Å². The number of ether oxygens (including phenoxy) is 1. The molecule has 0 saturated carbocycles. The van der Waals surface area contributed by atoms with E-state index in [-0.39, 0.29) is 23.8 Å². The van der Waals surface area contributed by atoms with Gasteiger partial charge in [-0.15, -0.1) is 0 Å². The smallest absolute Gasteiger partial charge is 0.222 e. The maximum absolute atomic E-state index is 13.3. The number of carbonyl (C=O) groups is 1. The van der Waals surface area contributed by atoms with E-state index in [0.29, 0.717) is 6.42 Å². The Labute approximate surface area is 147 Å². The Balaban J connectivity index is 1.80. The van der Waals surface area contributed by atoms with E-state index >= 15 is 0 Å². The lowest BCUT2D eigenvalue weighted by Crippen LogP contribution is -2.34. The Morgan fingerprint density at radius 3 is 2.40 bits per heavy atom. The van der Waals surface area contributed by atoms with Crippen molar-refractivity contribution < 1.29 is 13.9 Å². The van der Waals surface area contributed by atoms with Crippen LogP contribution < -0.4 is 15.4 Å². The van der Waals surface area contributed by atoms with Gasteiger partial charge in [-0.3, -0.25) is 4.79 Å². The zero-order valence-corrected chi connectivity index (χ0v) is 14.3. The SMILES string of the molecule is COc1ccc(C(NC(=O)CC2CCCN2)c2ccc(F)cc2)cc1. The van der Waals surface area contributed by atoms with Crippen molar-refractivity contribution in [3.63, 3.8) is 0 Å². The van der Waals surface area contributed by atoms with Crippen LogP contribution in [0.2, 0.25) is 0 Å². The fourth-order valence-corrected chi connectivity index (χ4v) is 3.19. The molecule has 2 atom stereocenters. The lowest BCUT2D eigenvalue weighted by atomic mass is 9.98. The van der Waals surface area contributed by atoms with Gasteiger partial charge in [0.15, 0.2) is 0 Å². The molecule has 1 fully saturated rings. The third-order valence-corrected chi connectivity index (χ3v) is 4.55. The van der Waals surface area contributed by atoms with E-state index in [1.54, 1.807) is 19.2 Å². The van der Waals surface area contributed by atoms with Crippen molar-refractivity contribution >= 4 is 5.91 Å². The maximum atomic E-state index is 13.3. The molecule has 2 unspecified atom stereocenters. The molecule has 0 bridgehead atoms. The van der Waals surface area contributed by atoms with Crippen LogP contribution in [-0.4, -0.2) is 25.6 Å². The van der Waals surface area contributed by atoms with Crippen molar-refractivity contribution in [1.29, 1.82) is 0 Å². The van der Waals surface area contributed by atoms with Crippen LogP contribution in [0.25, 0.3) is 0 Å². The van der Waals surface area contributed by atoms with Crippen LogP contribution in [0.15, 0.2) is 48.5 Å². The number of halogens is 1. The lowest BCUT2D eigenvalue weighted by molar-refractivity contribution is -0.122. The highest BCUT2D eigenvalue weighted by Gasteiger charge is 2.21. The van der Waals surface area contributed by atoms with Crippen LogP contribution >= 0.6 is 0 Å². The number of methoxy groups -OCH3 is 1. The van der Waals surface area contributed by atoms with Crippen LogP contribution in [0.5, 0.6) is 5.75 Å². The molecule has 2 aromatic rings. The standard InChI is InChI=1S/C20H23FN2O2/c1-25-18-10-6-15(7-11-18)20(14-4-8-16(21)9-5-14)23-19(24)13-17-3-2-12-22-17/h4-11,17,20,22H,2-3,12-13H2,1H3,(H,23,24). The fourth-order valence-electron chi connectivity index (χ4n) is 3.19. The topological polar surface area (TPSA) is 50.4 Å². The zero-order chi connectivity index (χ0) is 17.6. The summed E-state index contributed by atoms with van der Waals surface area (Å²) in [5, 5.41) is 6.43. The highest BCUT2D eigenvalue weighted by Crippen LogP contribution is 2.25. The summed E-state index contributed by atoms with van der Waals surface area (Å²) in [4.78, 5) is 12.5. The van der Waals surface area contributed by atoms with Gasteiger partial charge in [-0.05, 0) is 54.8 Å². The average Bonchev–Trinajstić information content (AvgIpc) is 3.14. The number of amides is 1. The van der Waals surface area contributed by atoms with Crippen LogP contribution in [0.1, 0.15) is 36.4 Å². The van der Waals surface area contributed by atoms with Gasteiger partial charge in [0.05, 0.1) is 13.2 Å². The van der Waals surface area contributed by atoms with Crippen molar-refractivity contribution in [3.8, 4) is 5.75 Å². The highest BCUT2D eigenvalue weighted by atomic mass is 19.1. The molecule has 1 heterocycles. The van der Waals surface area contributed by atoms with E-state index in [1.807, 2.05) is 24.3 Å². The molecule has 0 aromatic heterocycles. The first-order valence-corrected chi connectivity index (χ1v) is 8.58. The first-order valence-electron chi connectivity index (χ1n) is 8.58. The summed E-state index contributed by atoms with van der Waals surface area (Å²) < 4.78 is 18.5. The molecule has 0 aliphatic carbocycles. The summed E-state index contributed by atoms with van der Waals surface area (Å²) in [6.07, 6.45) is 2.59. The largest absolute Gasteiger partial charge is 0.497 e. The molecule has 25 heavy (non-hydrogen) atoms. The van der Waals surface area contributed by atoms with Gasteiger partial charge in [0.25, 0.3) is 0 Å². The summed E-state index contributed by atoms with van der Waals surface area (Å²) in [7, 11) is 1.61. The summed E-state index contributed by atoms with van der Waals surface area (Å²) in [5.74, 6) is 0.450. The van der Waals surface area contributed by atoms with E-state index in [4.69, 9.17) is 4.74 Å². The van der Waals surface area contributed by atoms with Gasteiger partial charge < -0.3 is 15.4 Å². The van der Waals surface area contributed by atoms with Gasteiger partial charge in [0.1, 0.15) is 11.6 Å². The van der Waals surface area contributed by atoms with Crippen LogP contribution in [0.4, 0.5) is 4.39 Å². The minimum Gasteiger partial charge on any atom is -0.497 e. The van der Waals surface area contributed by atoms with Gasteiger partial charge in [-0.2, -0.15) is 0 Å². The molecule has 1 amide bonds. The minimum absolute atomic E-state index is 0.00968. The predicted octanol–water partition coefficient (Wildman–Crippen LogP) is 3.18. The van der Waals surface area contributed by atoms with Crippen molar-refractivity contribution in [2.75, 3.05) is 13.7 Å². The number of hydrogen-bond donors (Lipinski definition) is 2. The first-order chi connectivity index (χ1) is 12.2. The molecule has 0 spiro atoms. The summed E-state index contributed by atoms with van der Waals surface area (Å²) in [5.41, 5.74) is 1.78. The Morgan fingerprint density at radius 1 is 1.20 bits per heavy atom. The number of carbonyl (C=O) groups excluding carboxylic acids is 1. The molecule has 5 heteroatoms. The van der Waals surface area contributed by atoms with E-state index < -0.39 is 0 Å². The molecular formula is C20H23FN2O2. The van der Waals surface area contributed by atoms with Crippen molar-refractivity contribution in [3.05, 3.63) is 65.5 Å². The molecule has 2 aromatic carbocycles. The molecule has 1 aliphatic heterocycles. The monoisotopic (exact) mass is 342 g/mol. The fraction of sp³-hybridized carbons (Fsp3) is 0.350. The highest BCUT2D eigenvalue weighted by molar-refractivity contribution is 5.77. The Kier molecular flexibility index (Phi) is 5.66. The molecular weight excluding hydrogens is 319 g/mol. The molecule has 1 saturated heterocycles. The molecule has 132 valence electrons. The van der Waals surface area contributed by atoms with E-state index in [2.05, 4.69) is 10.6 Å². The van der Waals surface area contributed by atoms with Gasteiger partial charge in [-0.1, -0.05) is 24.3 Å². The lowest BCUT2D eigenvalue weighted by Gasteiger charge is -2.21. The zero-order valence-electron chi connectivity index (χ0n) is 14.3. The van der Waals surface area contributed by atoms with Gasteiger partial charge in [0.2, 0.25) is 5.91 Å². The molecule has 2 N–H and O–H groups in total. The number of benzene rings is 2. The van der Waals surface area contributed by atoms with Crippen LogP contribution in [-0.2, 0) is 4.79 Å². The number of hydrogen-bond acceptors (Lipinski definition) is 3. The van der Waals surface area contributed by atoms with Crippen LogP contribution in [0, 0.1) is 5.82 Å². The second-order valence-electron chi connectivity index (χ2n) is 6.32. The molecule has 3 rings (SSSR count). The van der Waals surface area contributed by atoms with Crippen LogP contribution in [0.3, 0.4) is 0 Å². The second-order valence-corrected chi connectivity index (χ2v) is 6.32. The first kappa shape index (κ1) is 17.4. The minimum atomic E-state index is -0.319. The number of nitrogens with one attached hydrogen (secondary N) is 2. The van der Waals surface area contributed by atoms with Gasteiger partial charge in [-0.25, -0.2) is 4.39 Å². The maximum Gasteiger partial charge on any atom is 0.222 e. The van der Waals surface area contributed by atoms with E-state index in [1.165, 1.54) is 12.1 Å². The van der Waals surface area contributed by atoms with Crippen molar-refractivity contribution in [2.45, 2.75) is 31.3 Å².